The number of aliphatic hydroxyl groups is 1. The van der Waals surface area contributed by atoms with E-state index >= 15 is 0 Å². The average Bonchev–Trinajstić information content (AvgIpc) is 3.19. The van der Waals surface area contributed by atoms with Crippen molar-refractivity contribution < 1.29 is 5.11 Å². The quantitative estimate of drug-likeness (QED) is 0.734. The van der Waals surface area contributed by atoms with Gasteiger partial charge in [0.2, 0.25) is 0 Å². The molecular formula is C16H18N4OS. The molecule has 0 aliphatic heterocycles. The molecule has 114 valence electrons. The van der Waals surface area contributed by atoms with Gasteiger partial charge in [0.1, 0.15) is 0 Å². The molecule has 6 heteroatoms. The molecule has 1 aliphatic rings. The maximum absolute atomic E-state index is 10.2. The Morgan fingerprint density at radius 3 is 2.95 bits per heavy atom. The van der Waals surface area contributed by atoms with Crippen LogP contribution in [0.25, 0.3) is 4.96 Å². The lowest BCUT2D eigenvalue weighted by Gasteiger charge is -2.12. The molecule has 0 bridgehead atoms. The number of rotatable bonds is 6. The van der Waals surface area contributed by atoms with Crippen molar-refractivity contribution in [3.63, 3.8) is 0 Å². The molecule has 0 saturated heterocycles. The van der Waals surface area contributed by atoms with Gasteiger partial charge in [0, 0.05) is 43.0 Å². The summed E-state index contributed by atoms with van der Waals surface area (Å²) in [7, 11) is 0. The zero-order valence-electron chi connectivity index (χ0n) is 12.1. The number of aliphatic hydroxyl groups excluding tert-OH is 1. The number of fused-ring (bicyclic) bond motifs is 1. The summed E-state index contributed by atoms with van der Waals surface area (Å²) >= 11 is 1.67. The van der Waals surface area contributed by atoms with E-state index in [4.69, 9.17) is 4.98 Å². The largest absolute Gasteiger partial charge is 0.387 e. The van der Waals surface area contributed by atoms with Crippen LogP contribution in [-0.2, 0) is 6.54 Å². The summed E-state index contributed by atoms with van der Waals surface area (Å²) in [5, 5.41) is 15.6. The summed E-state index contributed by atoms with van der Waals surface area (Å²) < 4.78 is 2.17. The lowest BCUT2D eigenvalue weighted by Crippen LogP contribution is -2.22. The highest BCUT2D eigenvalue weighted by Crippen LogP contribution is 2.41. The van der Waals surface area contributed by atoms with E-state index in [0.717, 1.165) is 17.1 Å². The van der Waals surface area contributed by atoms with Crippen molar-refractivity contribution in [1.29, 1.82) is 0 Å². The molecule has 3 aromatic heterocycles. The van der Waals surface area contributed by atoms with E-state index < -0.39 is 6.10 Å². The third-order valence-corrected chi connectivity index (χ3v) is 4.83. The highest BCUT2D eigenvalue weighted by atomic mass is 32.1. The van der Waals surface area contributed by atoms with E-state index in [9.17, 15) is 5.11 Å². The predicted octanol–water partition coefficient (Wildman–Crippen LogP) is 2.49. The van der Waals surface area contributed by atoms with Crippen molar-refractivity contribution in [3.05, 3.63) is 53.1 Å². The minimum absolute atomic E-state index is 0.515. The molecular weight excluding hydrogens is 296 g/mol. The second-order valence-electron chi connectivity index (χ2n) is 5.70. The van der Waals surface area contributed by atoms with Crippen LogP contribution in [0.15, 0.2) is 36.1 Å². The van der Waals surface area contributed by atoms with Gasteiger partial charge in [0.05, 0.1) is 17.5 Å². The molecule has 1 atom stereocenters. The van der Waals surface area contributed by atoms with Gasteiger partial charge in [-0.2, -0.15) is 0 Å². The lowest BCUT2D eigenvalue weighted by atomic mass is 10.1. The minimum atomic E-state index is -0.515. The molecule has 0 aromatic carbocycles. The Balaban J connectivity index is 1.45. The molecule has 1 fully saturated rings. The van der Waals surface area contributed by atoms with E-state index in [-0.39, 0.29) is 0 Å². The van der Waals surface area contributed by atoms with Crippen molar-refractivity contribution in [2.75, 3.05) is 6.54 Å². The van der Waals surface area contributed by atoms with Gasteiger partial charge in [-0.15, -0.1) is 11.3 Å². The van der Waals surface area contributed by atoms with Crippen LogP contribution in [0.2, 0.25) is 0 Å². The molecule has 4 rings (SSSR count). The lowest BCUT2D eigenvalue weighted by molar-refractivity contribution is 0.174. The van der Waals surface area contributed by atoms with Gasteiger partial charge in [0.15, 0.2) is 4.96 Å². The third kappa shape index (κ3) is 2.65. The Labute approximate surface area is 132 Å². The van der Waals surface area contributed by atoms with Crippen molar-refractivity contribution >= 4 is 16.3 Å². The molecule has 3 aromatic rings. The highest BCUT2D eigenvalue weighted by molar-refractivity contribution is 7.15. The summed E-state index contributed by atoms with van der Waals surface area (Å²) in [5.74, 6) is 0.633. The number of nitrogens with one attached hydrogen (secondary N) is 1. The number of imidazole rings is 1. The first kappa shape index (κ1) is 13.9. The molecule has 22 heavy (non-hydrogen) atoms. The van der Waals surface area contributed by atoms with Crippen molar-refractivity contribution in [1.82, 2.24) is 19.7 Å². The van der Waals surface area contributed by atoms with Gasteiger partial charge in [0.25, 0.3) is 0 Å². The van der Waals surface area contributed by atoms with Crippen LogP contribution in [0.1, 0.15) is 41.8 Å². The highest BCUT2D eigenvalue weighted by Gasteiger charge is 2.30. The van der Waals surface area contributed by atoms with Gasteiger partial charge in [-0.25, -0.2) is 4.98 Å². The van der Waals surface area contributed by atoms with E-state index in [1.54, 1.807) is 23.7 Å². The summed E-state index contributed by atoms with van der Waals surface area (Å²) in [5.41, 5.74) is 3.36. The third-order valence-electron chi connectivity index (χ3n) is 4.08. The topological polar surface area (TPSA) is 62.5 Å². The van der Waals surface area contributed by atoms with E-state index in [1.165, 1.54) is 24.2 Å². The summed E-state index contributed by atoms with van der Waals surface area (Å²) in [6.07, 6.45) is 7.47. The second-order valence-corrected chi connectivity index (χ2v) is 6.57. The van der Waals surface area contributed by atoms with Gasteiger partial charge in [-0.05, 0) is 30.5 Å². The second kappa shape index (κ2) is 5.79. The smallest absolute Gasteiger partial charge is 0.194 e. The first-order valence-electron chi connectivity index (χ1n) is 7.56. The van der Waals surface area contributed by atoms with E-state index in [1.807, 2.05) is 12.1 Å². The summed E-state index contributed by atoms with van der Waals surface area (Å²) in [6, 6.07) is 3.69. The van der Waals surface area contributed by atoms with Gasteiger partial charge in [-0.1, -0.05) is 0 Å². The predicted molar refractivity (Wildman–Crippen MR) is 85.9 cm³/mol. The monoisotopic (exact) mass is 314 g/mol. The average molecular weight is 314 g/mol. The molecule has 0 amide bonds. The van der Waals surface area contributed by atoms with E-state index in [0.29, 0.717) is 12.5 Å². The van der Waals surface area contributed by atoms with E-state index in [2.05, 4.69) is 26.3 Å². The number of hydrogen-bond donors (Lipinski definition) is 2. The molecule has 0 spiro atoms. The Hall–Kier alpha value is -1.76. The van der Waals surface area contributed by atoms with Crippen LogP contribution < -0.4 is 5.32 Å². The fourth-order valence-corrected chi connectivity index (χ4v) is 3.48. The number of hydrogen-bond acceptors (Lipinski definition) is 5. The van der Waals surface area contributed by atoms with Crippen LogP contribution in [-0.4, -0.2) is 26.0 Å². The Kier molecular flexibility index (Phi) is 3.65. The van der Waals surface area contributed by atoms with Crippen LogP contribution in [0.5, 0.6) is 0 Å². The molecule has 3 heterocycles. The summed E-state index contributed by atoms with van der Waals surface area (Å²) in [4.78, 5) is 9.80. The maximum atomic E-state index is 10.2. The first-order chi connectivity index (χ1) is 10.8. The van der Waals surface area contributed by atoms with Crippen LogP contribution in [0, 0.1) is 0 Å². The molecule has 1 saturated carbocycles. The van der Waals surface area contributed by atoms with Crippen molar-refractivity contribution in [2.45, 2.75) is 31.4 Å². The SMILES string of the molecule is OC(CNCc1c(C2CC2)nc2sccn12)c1ccncc1. The maximum Gasteiger partial charge on any atom is 0.194 e. The minimum Gasteiger partial charge on any atom is -0.387 e. The van der Waals surface area contributed by atoms with Gasteiger partial charge >= 0.3 is 0 Å². The fourth-order valence-electron chi connectivity index (χ4n) is 2.74. The van der Waals surface area contributed by atoms with Gasteiger partial charge < -0.3 is 10.4 Å². The first-order valence-corrected chi connectivity index (χ1v) is 8.44. The molecule has 0 radical (unpaired) electrons. The molecule has 1 aliphatic carbocycles. The zero-order valence-corrected chi connectivity index (χ0v) is 13.0. The normalized spacial score (nSPS) is 16.2. The van der Waals surface area contributed by atoms with Crippen LogP contribution in [0.4, 0.5) is 0 Å². The standard InChI is InChI=1S/C16H18N4OS/c21-14(11-3-5-17-6-4-11)10-18-9-13-15(12-1-2-12)19-16-20(13)7-8-22-16/h3-8,12,14,18,21H,1-2,9-10H2. The Morgan fingerprint density at radius 2 is 2.18 bits per heavy atom. The van der Waals surface area contributed by atoms with Crippen LogP contribution in [0.3, 0.4) is 0 Å². The Morgan fingerprint density at radius 1 is 1.36 bits per heavy atom. The van der Waals surface area contributed by atoms with Gasteiger partial charge in [-0.3, -0.25) is 9.38 Å². The molecule has 2 N–H and O–H groups in total. The summed E-state index contributed by atoms with van der Waals surface area (Å²) in [6.45, 7) is 1.25. The van der Waals surface area contributed by atoms with Crippen molar-refractivity contribution in [2.24, 2.45) is 0 Å². The van der Waals surface area contributed by atoms with Crippen LogP contribution >= 0.6 is 11.3 Å². The molecule has 5 nitrogen and oxygen atoms in total. The van der Waals surface area contributed by atoms with Crippen molar-refractivity contribution in [3.8, 4) is 0 Å². The zero-order chi connectivity index (χ0) is 14.9. The number of aromatic nitrogens is 3. The fraction of sp³-hybridized carbons (Fsp3) is 0.375. The molecule has 1 unspecified atom stereocenters. The number of thiazole rings is 1. The number of pyridine rings is 1. The Bertz CT molecular complexity index is 763. The number of nitrogens with zero attached hydrogens (tertiary/aromatic N) is 3.